The Hall–Kier alpha value is -0.510. The van der Waals surface area contributed by atoms with E-state index in [2.05, 4.69) is 9.88 Å². The molecule has 104 valence electrons. The predicted molar refractivity (Wildman–Crippen MR) is 77.1 cm³/mol. The molecule has 3 nitrogen and oxygen atoms in total. The monoisotopic (exact) mass is 300 g/mol. The largest absolute Gasteiger partial charge is 0.490 e. The first kappa shape index (κ1) is 13.5. The molecule has 1 saturated carbocycles. The highest BCUT2D eigenvalue weighted by Crippen LogP contribution is 2.44. The van der Waals surface area contributed by atoms with Crippen molar-refractivity contribution in [1.29, 1.82) is 0 Å². The van der Waals surface area contributed by atoms with E-state index in [0.29, 0.717) is 23.1 Å². The molecule has 5 rings (SSSR count). The molecule has 1 aromatic rings. The van der Waals surface area contributed by atoms with Crippen molar-refractivity contribution in [1.82, 2.24) is 9.88 Å². The normalized spacial score (nSPS) is 38.9. The average Bonchev–Trinajstić information content (AvgIpc) is 2.33. The summed E-state index contributed by atoms with van der Waals surface area (Å²) in [5.74, 6) is 3.22. The fraction of sp³-hybridized carbons (Fsp3) is 0.643. The van der Waals surface area contributed by atoms with E-state index in [0.717, 1.165) is 11.7 Å². The molecule has 0 spiro atoms. The Balaban J connectivity index is 0.00000110. The molecule has 0 unspecified atom stereocenters. The molecule has 3 saturated heterocycles. The van der Waals surface area contributed by atoms with Gasteiger partial charge in [0.1, 0.15) is 17.0 Å². The number of hydrogen-bond donors (Lipinski definition) is 0. The second-order valence-corrected chi connectivity index (χ2v) is 6.36. The van der Waals surface area contributed by atoms with Crippen molar-refractivity contribution < 1.29 is 4.74 Å². The third kappa shape index (κ3) is 2.44. The number of nitrogens with zero attached hydrogens (tertiary/aromatic N) is 2. The Morgan fingerprint density at radius 2 is 1.95 bits per heavy atom. The third-order valence-corrected chi connectivity index (χ3v) is 4.88. The Morgan fingerprint density at radius 3 is 2.58 bits per heavy atom. The number of hydrogen-bond acceptors (Lipinski definition) is 3. The first-order chi connectivity index (χ1) is 8.78. The van der Waals surface area contributed by atoms with Crippen molar-refractivity contribution in [3.05, 3.63) is 23.5 Å². The van der Waals surface area contributed by atoms with Gasteiger partial charge in [0.2, 0.25) is 0 Å². The maximum Gasteiger partial charge on any atom is 0.132 e. The lowest BCUT2D eigenvalue weighted by Crippen LogP contribution is -2.61. The van der Waals surface area contributed by atoms with Crippen LogP contribution in [0.15, 0.2) is 18.3 Å². The summed E-state index contributed by atoms with van der Waals surface area (Å²) >= 11 is 5.91. The zero-order chi connectivity index (χ0) is 12.1. The van der Waals surface area contributed by atoms with E-state index in [-0.39, 0.29) is 12.4 Å². The molecule has 5 heteroatoms. The molecule has 4 aliphatic rings. The van der Waals surface area contributed by atoms with Gasteiger partial charge in [-0.3, -0.25) is 0 Å². The van der Waals surface area contributed by atoms with Crippen LogP contribution in [-0.4, -0.2) is 35.6 Å². The molecular formula is C14H18Cl2N2O. The Bertz CT molecular complexity index is 441. The Labute approximate surface area is 124 Å². The standard InChI is InChI=1S/C14H17ClN2O.ClH/c15-13-5-12(1-2-16-13)18-14-10-3-9-4-11(14)8-17(6-9)7-10;/h1-2,5,9-11,14H,3-4,6-8H2;1H/t9?,10-,11-,14?;/m0./s1. The maximum atomic E-state index is 6.22. The van der Waals surface area contributed by atoms with Gasteiger partial charge in [0, 0.05) is 43.7 Å². The quantitative estimate of drug-likeness (QED) is 0.785. The summed E-state index contributed by atoms with van der Waals surface area (Å²) in [4.78, 5) is 6.62. The lowest BCUT2D eigenvalue weighted by atomic mass is 9.66. The molecule has 1 aliphatic carbocycles. The molecule has 4 fully saturated rings. The summed E-state index contributed by atoms with van der Waals surface area (Å²) in [6.45, 7) is 3.76. The van der Waals surface area contributed by atoms with Gasteiger partial charge in [-0.1, -0.05) is 11.6 Å². The minimum Gasteiger partial charge on any atom is -0.490 e. The van der Waals surface area contributed by atoms with Gasteiger partial charge < -0.3 is 9.64 Å². The van der Waals surface area contributed by atoms with Crippen molar-refractivity contribution in [2.75, 3.05) is 19.6 Å². The van der Waals surface area contributed by atoms with E-state index < -0.39 is 0 Å². The fourth-order valence-electron chi connectivity index (χ4n) is 4.17. The van der Waals surface area contributed by atoms with Crippen molar-refractivity contribution in [3.8, 4) is 5.75 Å². The van der Waals surface area contributed by atoms with Gasteiger partial charge in [-0.05, 0) is 24.8 Å². The molecule has 0 N–H and O–H groups in total. The van der Waals surface area contributed by atoms with E-state index in [1.807, 2.05) is 12.1 Å². The molecule has 4 heterocycles. The Kier molecular flexibility index (Phi) is 3.63. The zero-order valence-corrected chi connectivity index (χ0v) is 12.2. The van der Waals surface area contributed by atoms with E-state index in [1.54, 1.807) is 6.20 Å². The summed E-state index contributed by atoms with van der Waals surface area (Å²) in [6.07, 6.45) is 4.79. The molecule has 0 radical (unpaired) electrons. The highest BCUT2D eigenvalue weighted by atomic mass is 35.5. The third-order valence-electron chi connectivity index (χ3n) is 4.67. The second-order valence-electron chi connectivity index (χ2n) is 5.97. The molecule has 2 atom stereocenters. The summed E-state index contributed by atoms with van der Waals surface area (Å²) in [5.41, 5.74) is 0. The zero-order valence-electron chi connectivity index (χ0n) is 10.7. The second kappa shape index (κ2) is 5.12. The van der Waals surface area contributed by atoms with Crippen molar-refractivity contribution in [2.24, 2.45) is 17.8 Å². The van der Waals surface area contributed by atoms with Crippen molar-refractivity contribution >= 4 is 24.0 Å². The van der Waals surface area contributed by atoms with Crippen LogP contribution in [0, 0.1) is 17.8 Å². The van der Waals surface area contributed by atoms with Crippen LogP contribution in [0.2, 0.25) is 5.15 Å². The number of ether oxygens (including phenoxy) is 1. The van der Waals surface area contributed by atoms with Crippen LogP contribution in [0.1, 0.15) is 12.8 Å². The van der Waals surface area contributed by atoms with Gasteiger partial charge >= 0.3 is 0 Å². The van der Waals surface area contributed by atoms with Crippen LogP contribution in [0.5, 0.6) is 5.75 Å². The molecule has 0 aromatic carbocycles. The van der Waals surface area contributed by atoms with Crippen LogP contribution >= 0.6 is 24.0 Å². The van der Waals surface area contributed by atoms with Crippen molar-refractivity contribution in [3.63, 3.8) is 0 Å². The highest BCUT2D eigenvalue weighted by molar-refractivity contribution is 6.29. The van der Waals surface area contributed by atoms with E-state index in [1.165, 1.54) is 32.5 Å². The number of rotatable bonds is 2. The summed E-state index contributed by atoms with van der Waals surface area (Å²) in [5, 5.41) is 0.514. The number of halogens is 2. The van der Waals surface area contributed by atoms with E-state index in [9.17, 15) is 0 Å². The smallest absolute Gasteiger partial charge is 0.132 e. The molecule has 3 aliphatic heterocycles. The van der Waals surface area contributed by atoms with E-state index in [4.69, 9.17) is 16.3 Å². The van der Waals surface area contributed by atoms with Gasteiger partial charge in [0.15, 0.2) is 0 Å². The van der Waals surface area contributed by atoms with Gasteiger partial charge in [0.05, 0.1) is 0 Å². The summed E-state index contributed by atoms with van der Waals surface area (Å²) < 4.78 is 6.22. The van der Waals surface area contributed by atoms with Gasteiger partial charge in [-0.25, -0.2) is 4.98 Å². The van der Waals surface area contributed by atoms with Crippen molar-refractivity contribution in [2.45, 2.75) is 18.9 Å². The van der Waals surface area contributed by atoms with E-state index >= 15 is 0 Å². The molecule has 0 amide bonds. The van der Waals surface area contributed by atoms with Crippen LogP contribution < -0.4 is 4.74 Å². The van der Waals surface area contributed by atoms with Crippen LogP contribution in [0.3, 0.4) is 0 Å². The van der Waals surface area contributed by atoms with Crippen LogP contribution in [-0.2, 0) is 0 Å². The molecule has 19 heavy (non-hydrogen) atoms. The fourth-order valence-corrected chi connectivity index (χ4v) is 4.34. The van der Waals surface area contributed by atoms with Gasteiger partial charge in [-0.2, -0.15) is 0 Å². The molecular weight excluding hydrogens is 283 g/mol. The maximum absolute atomic E-state index is 6.22. The SMILES string of the molecule is Cl.Clc1cc(OC2[C@H]3CC4C[C@H]2CN(C4)C3)ccn1. The topological polar surface area (TPSA) is 25.4 Å². The summed E-state index contributed by atoms with van der Waals surface area (Å²) in [6, 6.07) is 3.74. The number of pyridine rings is 1. The first-order valence-electron chi connectivity index (χ1n) is 6.78. The van der Waals surface area contributed by atoms with Gasteiger partial charge in [-0.15, -0.1) is 12.4 Å². The number of piperidine rings is 3. The average molecular weight is 301 g/mol. The lowest BCUT2D eigenvalue weighted by molar-refractivity contribution is -0.0984. The summed E-state index contributed by atoms with van der Waals surface area (Å²) in [7, 11) is 0. The predicted octanol–water partition coefficient (Wildman–Crippen LogP) is 2.88. The minimum atomic E-state index is 0. The van der Waals surface area contributed by atoms with Crippen LogP contribution in [0.25, 0.3) is 0 Å². The van der Waals surface area contributed by atoms with Crippen LogP contribution in [0.4, 0.5) is 0 Å². The lowest BCUT2D eigenvalue weighted by Gasteiger charge is -2.55. The molecule has 1 aromatic heterocycles. The minimum absolute atomic E-state index is 0. The number of aromatic nitrogens is 1. The van der Waals surface area contributed by atoms with Gasteiger partial charge in [0.25, 0.3) is 0 Å². The first-order valence-corrected chi connectivity index (χ1v) is 7.16. The Morgan fingerprint density at radius 1 is 1.21 bits per heavy atom. The highest BCUT2D eigenvalue weighted by Gasteiger charge is 2.48. The molecule has 4 bridgehead atoms.